The van der Waals surface area contributed by atoms with E-state index in [0.29, 0.717) is 5.69 Å². The van der Waals surface area contributed by atoms with Gasteiger partial charge in [-0.15, -0.1) is 5.10 Å². The van der Waals surface area contributed by atoms with Gasteiger partial charge in [-0.3, -0.25) is 0 Å². The fourth-order valence-corrected chi connectivity index (χ4v) is 1.59. The third-order valence-corrected chi connectivity index (χ3v) is 2.54. The van der Waals surface area contributed by atoms with Gasteiger partial charge in [-0.05, 0) is 29.5 Å². The van der Waals surface area contributed by atoms with E-state index in [1.807, 2.05) is 6.92 Å². The van der Waals surface area contributed by atoms with Crippen molar-refractivity contribution in [3.63, 3.8) is 0 Å². The molecular weight excluding hydrogens is 239 g/mol. The number of benzene rings is 1. The number of nitrogens with one attached hydrogen (secondary N) is 2. The molecule has 0 fully saturated rings. The van der Waals surface area contributed by atoms with E-state index in [0.717, 1.165) is 5.56 Å². The van der Waals surface area contributed by atoms with Gasteiger partial charge in [-0.25, -0.2) is 4.39 Å². The molecule has 0 spiro atoms. The van der Waals surface area contributed by atoms with Gasteiger partial charge in [-0.2, -0.15) is 0 Å². The molecule has 2 aromatic rings. The number of H-pyrrole nitrogens is 1. The van der Waals surface area contributed by atoms with Crippen LogP contribution in [0.25, 0.3) is 0 Å². The highest BCUT2D eigenvalue weighted by Crippen LogP contribution is 2.25. The second-order valence-electron chi connectivity index (χ2n) is 3.81. The van der Waals surface area contributed by atoms with Crippen LogP contribution < -0.4 is 5.32 Å². The average Bonchev–Trinajstić information content (AvgIpc) is 2.78. The van der Waals surface area contributed by atoms with Gasteiger partial charge in [0.05, 0.1) is 0 Å². The first kappa shape index (κ1) is 12.0. The molecule has 0 saturated carbocycles. The van der Waals surface area contributed by atoms with Gasteiger partial charge < -0.3 is 15.4 Å². The Morgan fingerprint density at radius 3 is 2.72 bits per heavy atom. The SMILES string of the molecule is CC(Nc1cn[nH]c1[N+](=O)[O-])c1ccc(F)cc1. The lowest BCUT2D eigenvalue weighted by atomic mass is 10.1. The summed E-state index contributed by atoms with van der Waals surface area (Å²) in [7, 11) is 0. The summed E-state index contributed by atoms with van der Waals surface area (Å²) < 4.78 is 12.8. The molecule has 1 aromatic carbocycles. The number of halogens is 1. The van der Waals surface area contributed by atoms with Crippen molar-refractivity contribution >= 4 is 11.5 Å². The van der Waals surface area contributed by atoms with E-state index in [1.165, 1.54) is 18.3 Å². The minimum atomic E-state index is -0.549. The monoisotopic (exact) mass is 250 g/mol. The van der Waals surface area contributed by atoms with Crippen molar-refractivity contribution in [2.45, 2.75) is 13.0 Å². The Bertz CT molecular complexity index is 552. The fourth-order valence-electron chi connectivity index (χ4n) is 1.59. The first-order valence-corrected chi connectivity index (χ1v) is 5.27. The normalized spacial score (nSPS) is 12.1. The van der Waals surface area contributed by atoms with Crippen molar-refractivity contribution in [1.29, 1.82) is 0 Å². The van der Waals surface area contributed by atoms with Crippen LogP contribution in [0, 0.1) is 15.9 Å². The summed E-state index contributed by atoms with van der Waals surface area (Å²) in [5.41, 5.74) is 1.13. The van der Waals surface area contributed by atoms with Gasteiger partial charge in [0.15, 0.2) is 5.69 Å². The lowest BCUT2D eigenvalue weighted by molar-refractivity contribution is -0.388. The fraction of sp³-hybridized carbons (Fsp3) is 0.182. The molecule has 6 nitrogen and oxygen atoms in total. The number of nitrogens with zero attached hydrogens (tertiary/aromatic N) is 2. The lowest BCUT2D eigenvalue weighted by Crippen LogP contribution is -2.07. The van der Waals surface area contributed by atoms with Crippen LogP contribution in [0.3, 0.4) is 0 Å². The van der Waals surface area contributed by atoms with Crippen LogP contribution >= 0.6 is 0 Å². The van der Waals surface area contributed by atoms with E-state index in [4.69, 9.17) is 0 Å². The maximum absolute atomic E-state index is 12.8. The summed E-state index contributed by atoms with van der Waals surface area (Å²) in [6, 6.07) is 5.74. The molecule has 18 heavy (non-hydrogen) atoms. The highest BCUT2D eigenvalue weighted by Gasteiger charge is 2.17. The smallest absolute Gasteiger partial charge is 0.366 e. The quantitative estimate of drug-likeness (QED) is 0.645. The zero-order chi connectivity index (χ0) is 13.1. The van der Waals surface area contributed by atoms with Crippen molar-refractivity contribution in [2.24, 2.45) is 0 Å². The van der Waals surface area contributed by atoms with Gasteiger partial charge >= 0.3 is 5.82 Å². The zero-order valence-corrected chi connectivity index (χ0v) is 9.55. The Hall–Kier alpha value is -2.44. The van der Waals surface area contributed by atoms with Crippen molar-refractivity contribution in [3.8, 4) is 0 Å². The minimum Gasteiger partial charge on any atom is -0.370 e. The van der Waals surface area contributed by atoms with Crippen molar-refractivity contribution in [1.82, 2.24) is 10.2 Å². The lowest BCUT2D eigenvalue weighted by Gasteiger charge is -2.13. The van der Waals surface area contributed by atoms with E-state index in [9.17, 15) is 14.5 Å². The molecule has 7 heteroatoms. The Morgan fingerprint density at radius 1 is 1.44 bits per heavy atom. The number of hydrogen-bond acceptors (Lipinski definition) is 4. The topological polar surface area (TPSA) is 83.8 Å². The van der Waals surface area contributed by atoms with Crippen LogP contribution in [0.4, 0.5) is 15.9 Å². The maximum Gasteiger partial charge on any atom is 0.366 e. The zero-order valence-electron chi connectivity index (χ0n) is 9.55. The molecule has 0 aliphatic heterocycles. The van der Waals surface area contributed by atoms with E-state index >= 15 is 0 Å². The largest absolute Gasteiger partial charge is 0.370 e. The number of aromatic amines is 1. The van der Waals surface area contributed by atoms with Gasteiger partial charge in [-0.1, -0.05) is 17.2 Å². The van der Waals surface area contributed by atoms with Gasteiger partial charge in [0, 0.05) is 6.04 Å². The first-order chi connectivity index (χ1) is 8.58. The Kier molecular flexibility index (Phi) is 3.22. The molecule has 2 N–H and O–H groups in total. The molecule has 2 rings (SSSR count). The van der Waals surface area contributed by atoms with Crippen molar-refractivity contribution in [2.75, 3.05) is 5.32 Å². The number of rotatable bonds is 4. The second-order valence-corrected chi connectivity index (χ2v) is 3.81. The summed E-state index contributed by atoms with van der Waals surface area (Å²) in [4.78, 5) is 10.1. The molecule has 1 aromatic heterocycles. The molecular formula is C11H11FN4O2. The number of hydrogen-bond donors (Lipinski definition) is 2. The van der Waals surface area contributed by atoms with Crippen LogP contribution in [0.15, 0.2) is 30.5 Å². The minimum absolute atomic E-state index is 0.191. The summed E-state index contributed by atoms with van der Waals surface area (Å²) in [5, 5.41) is 19.6. The van der Waals surface area contributed by atoms with Crippen LogP contribution in [0.5, 0.6) is 0 Å². The summed E-state index contributed by atoms with van der Waals surface area (Å²) in [6.45, 7) is 1.82. The number of anilines is 1. The highest BCUT2D eigenvalue weighted by molar-refractivity contribution is 5.56. The maximum atomic E-state index is 12.8. The van der Waals surface area contributed by atoms with Gasteiger partial charge in [0.2, 0.25) is 0 Å². The summed E-state index contributed by atoms with van der Waals surface area (Å²) in [5.74, 6) is -0.510. The van der Waals surface area contributed by atoms with Gasteiger partial charge in [0.1, 0.15) is 12.0 Å². The standard InChI is InChI=1S/C11H11FN4O2/c1-7(8-2-4-9(12)5-3-8)14-10-6-13-15-11(10)16(17)18/h2-7,14H,1H3,(H,13,15). The number of aromatic nitrogens is 2. The van der Waals surface area contributed by atoms with Crippen molar-refractivity contribution < 1.29 is 9.31 Å². The van der Waals surface area contributed by atoms with E-state index in [1.54, 1.807) is 12.1 Å². The summed E-state index contributed by atoms with van der Waals surface area (Å²) >= 11 is 0. The third kappa shape index (κ3) is 2.45. The average molecular weight is 250 g/mol. The van der Waals surface area contributed by atoms with E-state index in [2.05, 4.69) is 15.5 Å². The Morgan fingerprint density at radius 2 is 2.11 bits per heavy atom. The van der Waals surface area contributed by atoms with Crippen LogP contribution in [0.1, 0.15) is 18.5 Å². The second kappa shape index (κ2) is 4.82. The molecule has 0 radical (unpaired) electrons. The van der Waals surface area contributed by atoms with Crippen LogP contribution in [-0.2, 0) is 0 Å². The predicted molar refractivity (Wildman–Crippen MR) is 63.7 cm³/mol. The van der Waals surface area contributed by atoms with Crippen LogP contribution in [0.2, 0.25) is 0 Å². The molecule has 0 aliphatic carbocycles. The molecule has 0 saturated heterocycles. The van der Waals surface area contributed by atoms with E-state index in [-0.39, 0.29) is 17.7 Å². The molecule has 1 heterocycles. The highest BCUT2D eigenvalue weighted by atomic mass is 19.1. The molecule has 0 bridgehead atoms. The van der Waals surface area contributed by atoms with Crippen molar-refractivity contribution in [3.05, 3.63) is 52.0 Å². The van der Waals surface area contributed by atoms with E-state index < -0.39 is 4.92 Å². The third-order valence-electron chi connectivity index (χ3n) is 2.54. The predicted octanol–water partition coefficient (Wildman–Crippen LogP) is 2.63. The number of nitro groups is 1. The first-order valence-electron chi connectivity index (χ1n) is 5.27. The van der Waals surface area contributed by atoms with Crippen LogP contribution in [-0.4, -0.2) is 15.1 Å². The molecule has 0 aliphatic rings. The molecule has 0 amide bonds. The Balaban J connectivity index is 2.16. The summed E-state index contributed by atoms with van der Waals surface area (Å²) in [6.07, 6.45) is 1.35. The molecule has 1 unspecified atom stereocenters. The Labute approximate surface area is 102 Å². The molecule has 1 atom stereocenters. The van der Waals surface area contributed by atoms with Gasteiger partial charge in [0.25, 0.3) is 0 Å². The molecule has 94 valence electrons.